The van der Waals surface area contributed by atoms with Crippen molar-refractivity contribution in [2.45, 2.75) is 116 Å². The van der Waals surface area contributed by atoms with E-state index in [1.165, 1.54) is 56.9 Å². The first kappa shape index (κ1) is 26.6. The van der Waals surface area contributed by atoms with Gasteiger partial charge in [-0.3, -0.25) is 10.1 Å². The van der Waals surface area contributed by atoms with E-state index in [9.17, 15) is 10.1 Å². The van der Waals surface area contributed by atoms with Crippen LogP contribution in [0.5, 0.6) is 0 Å². The van der Waals surface area contributed by atoms with Crippen LogP contribution in [-0.4, -0.2) is 35.6 Å². The van der Waals surface area contributed by atoms with E-state index in [0.29, 0.717) is 12.5 Å². The molecule has 1 unspecified atom stereocenters. The maximum atomic E-state index is 11.5. The molecule has 0 saturated heterocycles. The Morgan fingerprint density at radius 3 is 1.90 bits per heavy atom. The second-order valence-electron chi connectivity index (χ2n) is 9.76. The molecule has 0 spiro atoms. The molecule has 1 rings (SSSR count). The van der Waals surface area contributed by atoms with Crippen LogP contribution in [-0.2, 0) is 6.54 Å². The highest BCUT2D eigenvalue weighted by molar-refractivity contribution is 5.13. The van der Waals surface area contributed by atoms with Crippen LogP contribution in [0.4, 0.5) is 0 Å². The minimum absolute atomic E-state index is 0.0301. The summed E-state index contributed by atoms with van der Waals surface area (Å²) >= 11 is 0. The maximum absolute atomic E-state index is 11.5. The average molecular weight is 420 g/mol. The van der Waals surface area contributed by atoms with Gasteiger partial charge in [0, 0.05) is 29.7 Å². The number of hydrogen-bond donors (Lipinski definition) is 0. The first-order valence-electron chi connectivity index (χ1n) is 12.4. The van der Waals surface area contributed by atoms with Crippen molar-refractivity contribution in [2.75, 3.05) is 14.1 Å². The molecule has 4 heteroatoms. The summed E-state index contributed by atoms with van der Waals surface area (Å²) in [6.07, 6.45) is 15.1. The lowest BCUT2D eigenvalue weighted by Gasteiger charge is -2.36. The third-order valence-electron chi connectivity index (χ3n) is 6.73. The summed E-state index contributed by atoms with van der Waals surface area (Å²) in [5.74, 6) is 0. The van der Waals surface area contributed by atoms with Crippen molar-refractivity contribution < 1.29 is 9.41 Å². The van der Waals surface area contributed by atoms with Gasteiger partial charge in [0.15, 0.2) is 0 Å². The number of quaternary nitrogens is 1. The fraction of sp³-hybridized carbons (Fsp3) is 0.769. The van der Waals surface area contributed by atoms with E-state index in [0.717, 1.165) is 36.7 Å². The summed E-state index contributed by atoms with van der Waals surface area (Å²) in [7, 11) is 4.47. The molecule has 0 aliphatic rings. The normalized spacial score (nSPS) is 13.9. The predicted octanol–water partition coefficient (Wildman–Crippen LogP) is 7.39. The van der Waals surface area contributed by atoms with Crippen LogP contribution < -0.4 is 0 Å². The Kier molecular flexibility index (Phi) is 13.7. The van der Waals surface area contributed by atoms with Crippen LogP contribution in [0, 0.1) is 10.1 Å². The molecule has 0 saturated carbocycles. The molecule has 0 amide bonds. The summed E-state index contributed by atoms with van der Waals surface area (Å²) in [6.45, 7) is 5.45. The Morgan fingerprint density at radius 2 is 1.37 bits per heavy atom. The largest absolute Gasteiger partial charge is 0.323 e. The summed E-state index contributed by atoms with van der Waals surface area (Å²) in [5.41, 5.74) is 1.32. The van der Waals surface area contributed by atoms with Crippen molar-refractivity contribution in [3.8, 4) is 0 Å². The molecule has 0 aromatic heterocycles. The highest BCUT2D eigenvalue weighted by atomic mass is 16.6. The molecule has 0 heterocycles. The van der Waals surface area contributed by atoms with Gasteiger partial charge in [-0.25, -0.2) is 0 Å². The van der Waals surface area contributed by atoms with Crippen LogP contribution in [0.2, 0.25) is 0 Å². The second kappa shape index (κ2) is 15.4. The van der Waals surface area contributed by atoms with Crippen molar-refractivity contribution in [1.82, 2.24) is 0 Å². The Hall–Kier alpha value is -1.42. The van der Waals surface area contributed by atoms with Crippen molar-refractivity contribution in [3.05, 3.63) is 46.0 Å². The second-order valence-corrected chi connectivity index (χ2v) is 9.76. The number of nitro groups is 1. The monoisotopic (exact) mass is 419 g/mol. The van der Waals surface area contributed by atoms with Crippen LogP contribution in [0.15, 0.2) is 30.3 Å². The quantitative estimate of drug-likeness (QED) is 0.108. The molecule has 2 atom stereocenters. The van der Waals surface area contributed by atoms with Gasteiger partial charge in [-0.1, -0.05) is 95.0 Å². The number of rotatable bonds is 18. The van der Waals surface area contributed by atoms with E-state index in [1.54, 1.807) is 0 Å². The standard InChI is InChI=1S/C26H47N2O2/c1-5-6-7-8-9-10-11-12-13-17-20-26(27(29)30)22-21-24(2)28(3,4)23-25-18-15-14-16-19-25/h14-16,18-19,24,26H,5-13,17,20-23H2,1-4H3/q+1/t24?,26-/m1/s1. The Labute approximate surface area is 185 Å². The molecular weight excluding hydrogens is 372 g/mol. The molecule has 0 radical (unpaired) electrons. The van der Waals surface area contributed by atoms with Gasteiger partial charge in [0.25, 0.3) is 0 Å². The van der Waals surface area contributed by atoms with E-state index in [2.05, 4.69) is 52.2 Å². The van der Waals surface area contributed by atoms with Gasteiger partial charge < -0.3 is 4.48 Å². The fourth-order valence-corrected chi connectivity index (χ4v) is 4.22. The summed E-state index contributed by atoms with van der Waals surface area (Å²) in [4.78, 5) is 11.5. The van der Waals surface area contributed by atoms with E-state index in [1.807, 2.05) is 6.07 Å². The molecule has 0 bridgehead atoms. The first-order chi connectivity index (χ1) is 14.4. The molecule has 30 heavy (non-hydrogen) atoms. The number of hydrogen-bond acceptors (Lipinski definition) is 2. The molecule has 0 aliphatic carbocycles. The molecule has 0 aliphatic heterocycles. The highest BCUT2D eigenvalue weighted by Crippen LogP contribution is 2.21. The molecular formula is C26H47N2O2+. The smallest absolute Gasteiger partial charge is 0.213 e. The van der Waals surface area contributed by atoms with Gasteiger partial charge in [0.1, 0.15) is 6.54 Å². The van der Waals surface area contributed by atoms with Crippen molar-refractivity contribution in [3.63, 3.8) is 0 Å². The average Bonchev–Trinajstić information content (AvgIpc) is 2.71. The molecule has 0 fully saturated rings. The van der Waals surface area contributed by atoms with Crippen LogP contribution in [0.1, 0.15) is 103 Å². The van der Waals surface area contributed by atoms with E-state index in [4.69, 9.17) is 0 Å². The summed E-state index contributed by atoms with van der Waals surface area (Å²) in [6, 6.07) is 10.6. The third-order valence-corrected chi connectivity index (χ3v) is 6.73. The van der Waals surface area contributed by atoms with E-state index in [-0.39, 0.29) is 11.0 Å². The van der Waals surface area contributed by atoms with Gasteiger partial charge in [0.05, 0.1) is 20.1 Å². The minimum Gasteiger partial charge on any atom is -0.323 e. The van der Waals surface area contributed by atoms with Gasteiger partial charge in [-0.05, 0) is 13.3 Å². The summed E-state index contributed by atoms with van der Waals surface area (Å²) < 4.78 is 0.868. The molecule has 4 nitrogen and oxygen atoms in total. The lowest BCUT2D eigenvalue weighted by Crippen LogP contribution is -2.46. The van der Waals surface area contributed by atoms with Crippen molar-refractivity contribution in [1.29, 1.82) is 0 Å². The van der Waals surface area contributed by atoms with Crippen molar-refractivity contribution >= 4 is 0 Å². The Morgan fingerprint density at radius 1 is 0.833 bits per heavy atom. The van der Waals surface area contributed by atoms with Crippen molar-refractivity contribution in [2.24, 2.45) is 0 Å². The zero-order valence-electron chi connectivity index (χ0n) is 20.2. The van der Waals surface area contributed by atoms with Crippen LogP contribution >= 0.6 is 0 Å². The Bertz CT molecular complexity index is 559. The third kappa shape index (κ3) is 11.7. The minimum atomic E-state index is -0.377. The topological polar surface area (TPSA) is 43.1 Å². The zero-order chi connectivity index (χ0) is 22.2. The zero-order valence-corrected chi connectivity index (χ0v) is 20.2. The number of benzene rings is 1. The number of nitrogens with zero attached hydrogens (tertiary/aromatic N) is 2. The molecule has 0 N–H and O–H groups in total. The lowest BCUT2D eigenvalue weighted by molar-refractivity contribution is -0.926. The summed E-state index contributed by atoms with van der Waals surface area (Å²) in [5, 5.41) is 11.5. The SMILES string of the molecule is CCCCCCCCCCCC[C@H](CCC(C)[N+](C)(C)Cc1ccccc1)[N+](=O)[O-]. The first-order valence-corrected chi connectivity index (χ1v) is 12.4. The highest BCUT2D eigenvalue weighted by Gasteiger charge is 2.28. The van der Waals surface area contributed by atoms with Gasteiger partial charge in [-0.15, -0.1) is 0 Å². The van der Waals surface area contributed by atoms with Gasteiger partial charge in [-0.2, -0.15) is 0 Å². The predicted molar refractivity (Wildman–Crippen MR) is 128 cm³/mol. The van der Waals surface area contributed by atoms with Crippen LogP contribution in [0.3, 0.4) is 0 Å². The fourth-order valence-electron chi connectivity index (χ4n) is 4.22. The lowest BCUT2D eigenvalue weighted by atomic mass is 9.99. The molecule has 172 valence electrons. The molecule has 1 aromatic carbocycles. The maximum Gasteiger partial charge on any atom is 0.213 e. The van der Waals surface area contributed by atoms with E-state index < -0.39 is 0 Å². The van der Waals surface area contributed by atoms with E-state index >= 15 is 0 Å². The Balaban J connectivity index is 2.24. The van der Waals surface area contributed by atoms with Gasteiger partial charge in [0.2, 0.25) is 6.04 Å². The number of unbranched alkanes of at least 4 members (excludes halogenated alkanes) is 9. The van der Waals surface area contributed by atoms with Crippen LogP contribution in [0.25, 0.3) is 0 Å². The van der Waals surface area contributed by atoms with Gasteiger partial charge >= 0.3 is 0 Å². The molecule has 1 aromatic rings.